The third-order valence-corrected chi connectivity index (χ3v) is 3.54. The molecule has 0 saturated heterocycles. The third-order valence-electron chi connectivity index (χ3n) is 3.54. The molecule has 0 radical (unpaired) electrons. The number of nitrogens with zero attached hydrogens (tertiary/aromatic N) is 4. The van der Waals surface area contributed by atoms with Gasteiger partial charge in [-0.15, -0.1) is 0 Å². The Labute approximate surface area is 120 Å². The summed E-state index contributed by atoms with van der Waals surface area (Å²) in [5.74, 6) is -0.355. The number of hydrogen-bond acceptors (Lipinski definition) is 5. The van der Waals surface area contributed by atoms with Gasteiger partial charge in [-0.05, 0) is 34.9 Å². The molecular formula is C13H13N5O3. The Bertz CT molecular complexity index is 663. The summed E-state index contributed by atoms with van der Waals surface area (Å²) in [4.78, 5) is 29.7. The fraction of sp³-hybridized carbons (Fsp3) is 0.308. The molecule has 0 bridgehead atoms. The van der Waals surface area contributed by atoms with E-state index in [1.165, 1.54) is 12.5 Å². The molecule has 21 heavy (non-hydrogen) atoms. The zero-order valence-electron chi connectivity index (χ0n) is 11.0. The minimum absolute atomic E-state index is 0.0611. The monoisotopic (exact) mass is 287 g/mol. The van der Waals surface area contributed by atoms with Crippen LogP contribution in [0.4, 0.5) is 5.82 Å². The maximum atomic E-state index is 11.9. The number of imidazole rings is 1. The highest BCUT2D eigenvalue weighted by Gasteiger charge is 2.33. The largest absolute Gasteiger partial charge is 0.381 e. The molecule has 1 saturated carbocycles. The zero-order valence-corrected chi connectivity index (χ0v) is 11.0. The number of aromatic nitrogens is 3. The van der Waals surface area contributed by atoms with Crippen molar-refractivity contribution in [3.63, 3.8) is 0 Å². The van der Waals surface area contributed by atoms with Crippen molar-refractivity contribution in [2.45, 2.75) is 24.9 Å². The van der Waals surface area contributed by atoms with E-state index in [9.17, 15) is 14.9 Å². The molecule has 1 aliphatic carbocycles. The van der Waals surface area contributed by atoms with E-state index in [0.717, 1.165) is 12.8 Å². The summed E-state index contributed by atoms with van der Waals surface area (Å²) in [6.07, 6.45) is 5.91. The lowest BCUT2D eigenvalue weighted by Crippen LogP contribution is -2.45. The summed E-state index contributed by atoms with van der Waals surface area (Å²) >= 11 is 0. The van der Waals surface area contributed by atoms with Gasteiger partial charge in [-0.25, -0.2) is 0 Å². The van der Waals surface area contributed by atoms with Gasteiger partial charge in [0, 0.05) is 18.3 Å². The Kier molecular flexibility index (Phi) is 3.35. The van der Waals surface area contributed by atoms with Crippen molar-refractivity contribution in [2.24, 2.45) is 0 Å². The van der Waals surface area contributed by atoms with E-state index < -0.39 is 4.92 Å². The zero-order chi connectivity index (χ0) is 14.8. The molecule has 1 fully saturated rings. The Morgan fingerprint density at radius 3 is 2.81 bits per heavy atom. The second kappa shape index (κ2) is 5.31. The van der Waals surface area contributed by atoms with E-state index in [-0.39, 0.29) is 23.8 Å². The number of amides is 1. The number of carbonyl (C=O) groups excluding carboxylic acids is 1. The molecule has 1 N–H and O–H groups in total. The van der Waals surface area contributed by atoms with Crippen molar-refractivity contribution in [3.8, 4) is 0 Å². The van der Waals surface area contributed by atoms with Crippen LogP contribution in [-0.2, 0) is 0 Å². The molecule has 2 aromatic heterocycles. The summed E-state index contributed by atoms with van der Waals surface area (Å²) in [6, 6.07) is 5.37. The summed E-state index contributed by atoms with van der Waals surface area (Å²) in [6.45, 7) is 0. The molecule has 0 aliphatic heterocycles. The second-order valence-electron chi connectivity index (χ2n) is 4.95. The molecule has 2 aromatic rings. The van der Waals surface area contributed by atoms with Crippen LogP contribution in [0.2, 0.25) is 0 Å². The molecule has 108 valence electrons. The maximum Gasteiger partial charge on any atom is 0.381 e. The normalized spacial score (nSPS) is 20.6. The highest BCUT2D eigenvalue weighted by atomic mass is 16.6. The summed E-state index contributed by atoms with van der Waals surface area (Å²) < 4.78 is 1.72. The van der Waals surface area contributed by atoms with Crippen LogP contribution < -0.4 is 5.32 Å². The van der Waals surface area contributed by atoms with Crippen molar-refractivity contribution in [1.82, 2.24) is 19.9 Å². The molecular weight excluding hydrogens is 274 g/mol. The Hall–Kier alpha value is -2.77. The predicted octanol–water partition coefficient (Wildman–Crippen LogP) is 1.32. The van der Waals surface area contributed by atoms with Gasteiger partial charge in [0.15, 0.2) is 0 Å². The fourth-order valence-corrected chi connectivity index (χ4v) is 2.33. The quantitative estimate of drug-likeness (QED) is 0.674. The van der Waals surface area contributed by atoms with Crippen LogP contribution in [0.1, 0.15) is 29.4 Å². The first kappa shape index (κ1) is 13.2. The van der Waals surface area contributed by atoms with Gasteiger partial charge in [0.05, 0.1) is 0 Å². The van der Waals surface area contributed by atoms with E-state index in [1.807, 2.05) is 0 Å². The number of nitro groups is 1. The van der Waals surface area contributed by atoms with E-state index in [4.69, 9.17) is 0 Å². The smallest absolute Gasteiger partial charge is 0.358 e. The lowest BCUT2D eigenvalue weighted by atomic mass is 9.86. The van der Waals surface area contributed by atoms with Crippen molar-refractivity contribution in [2.75, 3.05) is 0 Å². The number of carbonyl (C=O) groups is 1. The van der Waals surface area contributed by atoms with E-state index >= 15 is 0 Å². The van der Waals surface area contributed by atoms with Crippen molar-refractivity contribution in [1.29, 1.82) is 0 Å². The van der Waals surface area contributed by atoms with Gasteiger partial charge in [0.2, 0.25) is 6.33 Å². The number of hydrogen-bond donors (Lipinski definition) is 1. The van der Waals surface area contributed by atoms with Crippen LogP contribution in [-0.4, -0.2) is 31.4 Å². The first-order chi connectivity index (χ1) is 10.1. The van der Waals surface area contributed by atoms with Gasteiger partial charge in [-0.1, -0.05) is 6.07 Å². The predicted molar refractivity (Wildman–Crippen MR) is 72.6 cm³/mol. The van der Waals surface area contributed by atoms with E-state index in [1.54, 1.807) is 29.0 Å². The molecule has 8 heteroatoms. The number of pyridine rings is 1. The molecule has 0 spiro atoms. The molecule has 0 atom stereocenters. The first-order valence-corrected chi connectivity index (χ1v) is 6.53. The summed E-state index contributed by atoms with van der Waals surface area (Å²) in [7, 11) is 0. The molecule has 0 aromatic carbocycles. The minimum atomic E-state index is -0.518. The lowest BCUT2D eigenvalue weighted by molar-refractivity contribution is -0.389. The van der Waals surface area contributed by atoms with Gasteiger partial charge >= 0.3 is 5.82 Å². The first-order valence-electron chi connectivity index (χ1n) is 6.53. The van der Waals surface area contributed by atoms with E-state index in [0.29, 0.717) is 5.69 Å². The third kappa shape index (κ3) is 2.73. The number of nitrogens with one attached hydrogen (secondary N) is 1. The van der Waals surface area contributed by atoms with Crippen molar-refractivity contribution in [3.05, 3.63) is 52.7 Å². The topological polar surface area (TPSA) is 103 Å². The van der Waals surface area contributed by atoms with Crippen LogP contribution in [0.15, 0.2) is 36.9 Å². The minimum Gasteiger partial charge on any atom is -0.358 e. The van der Waals surface area contributed by atoms with Gasteiger partial charge in [-0.2, -0.15) is 0 Å². The molecule has 0 unspecified atom stereocenters. The average molecular weight is 287 g/mol. The van der Waals surface area contributed by atoms with E-state index in [2.05, 4.69) is 15.3 Å². The van der Waals surface area contributed by atoms with Crippen LogP contribution >= 0.6 is 0 Å². The second-order valence-corrected chi connectivity index (χ2v) is 4.95. The van der Waals surface area contributed by atoms with Crippen LogP contribution in [0.3, 0.4) is 0 Å². The Balaban J connectivity index is 1.54. The van der Waals surface area contributed by atoms with Gasteiger partial charge in [-0.3, -0.25) is 9.78 Å². The fourth-order valence-electron chi connectivity index (χ4n) is 2.33. The molecule has 1 aliphatic rings. The van der Waals surface area contributed by atoms with Crippen LogP contribution in [0, 0.1) is 10.1 Å². The molecule has 1 amide bonds. The summed E-state index contributed by atoms with van der Waals surface area (Å²) in [5, 5.41) is 13.5. The van der Waals surface area contributed by atoms with Gasteiger partial charge in [0.1, 0.15) is 11.9 Å². The molecule has 8 nitrogen and oxygen atoms in total. The maximum absolute atomic E-state index is 11.9. The lowest BCUT2D eigenvalue weighted by Gasteiger charge is -2.35. The number of rotatable bonds is 4. The van der Waals surface area contributed by atoms with Gasteiger partial charge in [0.25, 0.3) is 5.91 Å². The Morgan fingerprint density at radius 1 is 1.38 bits per heavy atom. The highest BCUT2D eigenvalue weighted by molar-refractivity contribution is 5.92. The highest BCUT2D eigenvalue weighted by Crippen LogP contribution is 2.33. The standard InChI is InChI=1S/C13H13N5O3/c19-13(11-3-1-2-4-14-11)16-9-5-10(6-9)17-7-12(15-8-17)18(20)21/h1-4,7-10H,5-6H2,(H,16,19). The van der Waals surface area contributed by atoms with Crippen molar-refractivity contribution < 1.29 is 9.72 Å². The molecule has 3 rings (SSSR count). The Morgan fingerprint density at radius 2 is 2.19 bits per heavy atom. The van der Waals surface area contributed by atoms with Gasteiger partial charge < -0.3 is 20.0 Å². The summed E-state index contributed by atoms with van der Waals surface area (Å²) in [5.41, 5.74) is 0.388. The van der Waals surface area contributed by atoms with Crippen LogP contribution in [0.5, 0.6) is 0 Å². The van der Waals surface area contributed by atoms with Crippen molar-refractivity contribution >= 4 is 11.7 Å². The molecule has 2 heterocycles. The van der Waals surface area contributed by atoms with Crippen LogP contribution in [0.25, 0.3) is 0 Å². The SMILES string of the molecule is O=C(NC1CC(n2cnc([N+](=O)[O-])c2)C1)c1ccccn1. The average Bonchev–Trinajstić information content (AvgIpc) is 2.92.